The van der Waals surface area contributed by atoms with E-state index in [0.717, 1.165) is 29.8 Å². The fourth-order valence-electron chi connectivity index (χ4n) is 3.06. The zero-order valence-corrected chi connectivity index (χ0v) is 16.6. The molecule has 0 saturated carbocycles. The van der Waals surface area contributed by atoms with Crippen molar-refractivity contribution >= 4 is 38.3 Å². The summed E-state index contributed by atoms with van der Waals surface area (Å²) >= 11 is 5.83. The molecule has 146 valence electrons. The number of anilines is 1. The van der Waals surface area contributed by atoms with Crippen LogP contribution in [0.15, 0.2) is 53.4 Å². The monoisotopic (exact) mass is 418 g/mol. The molecule has 1 aromatic heterocycles. The molecular formula is C19H19ClN4O3S. The summed E-state index contributed by atoms with van der Waals surface area (Å²) in [6.07, 6.45) is 0. The summed E-state index contributed by atoms with van der Waals surface area (Å²) in [5, 5.41) is 1.42. The van der Waals surface area contributed by atoms with Gasteiger partial charge in [0.05, 0.1) is 30.2 Å². The van der Waals surface area contributed by atoms with Crippen molar-refractivity contribution in [3.05, 3.63) is 59.4 Å². The third kappa shape index (κ3) is 4.10. The van der Waals surface area contributed by atoms with Gasteiger partial charge in [-0.25, -0.2) is 23.1 Å². The lowest BCUT2D eigenvalue weighted by molar-refractivity contribution is 0.122. The molecule has 0 aliphatic carbocycles. The maximum atomic E-state index is 12.5. The predicted octanol–water partition coefficient (Wildman–Crippen LogP) is 2.60. The zero-order chi connectivity index (χ0) is 19.6. The van der Waals surface area contributed by atoms with Crippen LogP contribution < -0.4 is 9.62 Å². The van der Waals surface area contributed by atoms with Crippen LogP contribution in [0.25, 0.3) is 10.9 Å². The van der Waals surface area contributed by atoms with Crippen LogP contribution in [0.2, 0.25) is 5.02 Å². The van der Waals surface area contributed by atoms with E-state index in [1.165, 1.54) is 12.1 Å². The van der Waals surface area contributed by atoms with Crippen LogP contribution in [0, 0.1) is 0 Å². The van der Waals surface area contributed by atoms with E-state index in [1.54, 1.807) is 12.1 Å². The van der Waals surface area contributed by atoms with Crippen molar-refractivity contribution in [3.63, 3.8) is 0 Å². The van der Waals surface area contributed by atoms with Crippen LogP contribution in [0.5, 0.6) is 0 Å². The molecule has 0 bridgehead atoms. The number of morpholine rings is 1. The second kappa shape index (κ2) is 8.00. The third-order valence-electron chi connectivity index (χ3n) is 4.48. The van der Waals surface area contributed by atoms with E-state index in [1.807, 2.05) is 24.3 Å². The normalized spacial score (nSPS) is 15.1. The first kappa shape index (κ1) is 19.1. The minimum atomic E-state index is -3.69. The van der Waals surface area contributed by atoms with Crippen LogP contribution >= 0.6 is 11.6 Å². The van der Waals surface area contributed by atoms with Gasteiger partial charge in [0.25, 0.3) is 0 Å². The number of hydrogen-bond donors (Lipinski definition) is 1. The van der Waals surface area contributed by atoms with Gasteiger partial charge in [-0.15, -0.1) is 0 Å². The van der Waals surface area contributed by atoms with E-state index in [2.05, 4.69) is 19.6 Å². The summed E-state index contributed by atoms with van der Waals surface area (Å²) in [7, 11) is -3.69. The SMILES string of the molecule is O=S(=O)(NCc1nc(N2CCOCC2)c2ccccc2n1)c1ccc(Cl)cc1. The summed E-state index contributed by atoms with van der Waals surface area (Å²) < 4.78 is 33.1. The van der Waals surface area contributed by atoms with E-state index >= 15 is 0 Å². The van der Waals surface area contributed by atoms with Gasteiger partial charge in [0.15, 0.2) is 0 Å². The maximum Gasteiger partial charge on any atom is 0.240 e. The van der Waals surface area contributed by atoms with Gasteiger partial charge in [-0.1, -0.05) is 23.7 Å². The summed E-state index contributed by atoms with van der Waals surface area (Å²) in [6, 6.07) is 13.7. The fourth-order valence-corrected chi connectivity index (χ4v) is 4.16. The molecule has 0 radical (unpaired) electrons. The number of nitrogens with zero attached hydrogens (tertiary/aromatic N) is 3. The lowest BCUT2D eigenvalue weighted by Gasteiger charge is -2.29. The molecule has 2 aromatic carbocycles. The highest BCUT2D eigenvalue weighted by atomic mass is 35.5. The Morgan fingerprint density at radius 2 is 1.75 bits per heavy atom. The number of sulfonamides is 1. The first-order valence-electron chi connectivity index (χ1n) is 8.86. The van der Waals surface area contributed by atoms with Crippen LogP contribution in [0.3, 0.4) is 0 Å². The summed E-state index contributed by atoms with van der Waals surface area (Å²) in [4.78, 5) is 11.5. The number of aromatic nitrogens is 2. The van der Waals surface area contributed by atoms with E-state index < -0.39 is 10.0 Å². The van der Waals surface area contributed by atoms with Crippen LogP contribution in [0.1, 0.15) is 5.82 Å². The van der Waals surface area contributed by atoms with Crippen molar-refractivity contribution < 1.29 is 13.2 Å². The average molecular weight is 419 g/mol. The Labute approximate surface area is 168 Å². The van der Waals surface area contributed by atoms with E-state index in [9.17, 15) is 8.42 Å². The topological polar surface area (TPSA) is 84.4 Å². The zero-order valence-electron chi connectivity index (χ0n) is 15.0. The summed E-state index contributed by atoms with van der Waals surface area (Å²) in [5.41, 5.74) is 0.777. The van der Waals surface area contributed by atoms with Crippen molar-refractivity contribution in [2.75, 3.05) is 31.2 Å². The van der Waals surface area contributed by atoms with Crippen molar-refractivity contribution in [2.24, 2.45) is 0 Å². The third-order valence-corrected chi connectivity index (χ3v) is 6.15. The van der Waals surface area contributed by atoms with Gasteiger partial charge < -0.3 is 9.64 Å². The Morgan fingerprint density at radius 3 is 2.50 bits per heavy atom. The molecule has 1 N–H and O–H groups in total. The highest BCUT2D eigenvalue weighted by molar-refractivity contribution is 7.89. The highest BCUT2D eigenvalue weighted by Gasteiger charge is 2.19. The predicted molar refractivity (Wildman–Crippen MR) is 108 cm³/mol. The van der Waals surface area contributed by atoms with Crippen LogP contribution in [-0.4, -0.2) is 44.7 Å². The van der Waals surface area contributed by atoms with Crippen LogP contribution in [0.4, 0.5) is 5.82 Å². The minimum absolute atomic E-state index is 0.00681. The van der Waals surface area contributed by atoms with Gasteiger partial charge in [-0.3, -0.25) is 0 Å². The molecule has 0 spiro atoms. The second-order valence-electron chi connectivity index (χ2n) is 6.36. The van der Waals surface area contributed by atoms with Gasteiger partial charge in [0, 0.05) is 23.5 Å². The maximum absolute atomic E-state index is 12.5. The molecule has 1 fully saturated rings. The molecule has 1 saturated heterocycles. The lowest BCUT2D eigenvalue weighted by Crippen LogP contribution is -2.37. The van der Waals surface area contributed by atoms with Crippen LogP contribution in [-0.2, 0) is 21.3 Å². The number of halogens is 1. The van der Waals surface area contributed by atoms with Gasteiger partial charge in [0.1, 0.15) is 11.6 Å². The Hall–Kier alpha value is -2.26. The number of ether oxygens (including phenoxy) is 1. The fraction of sp³-hybridized carbons (Fsp3) is 0.263. The molecule has 1 aliphatic heterocycles. The quantitative estimate of drug-likeness (QED) is 0.685. The molecule has 28 heavy (non-hydrogen) atoms. The van der Waals surface area contributed by atoms with Crippen molar-refractivity contribution in [3.8, 4) is 0 Å². The molecule has 9 heteroatoms. The molecule has 3 aromatic rings. The first-order valence-corrected chi connectivity index (χ1v) is 10.7. The molecular weight excluding hydrogens is 400 g/mol. The van der Waals surface area contributed by atoms with E-state index in [0.29, 0.717) is 24.1 Å². The van der Waals surface area contributed by atoms with E-state index in [-0.39, 0.29) is 11.4 Å². The van der Waals surface area contributed by atoms with E-state index in [4.69, 9.17) is 16.3 Å². The van der Waals surface area contributed by atoms with Crippen molar-refractivity contribution in [1.82, 2.24) is 14.7 Å². The van der Waals surface area contributed by atoms with Crippen molar-refractivity contribution in [2.45, 2.75) is 11.4 Å². The Morgan fingerprint density at radius 1 is 1.04 bits per heavy atom. The molecule has 7 nitrogen and oxygen atoms in total. The number of rotatable bonds is 5. The number of nitrogens with one attached hydrogen (secondary N) is 1. The van der Waals surface area contributed by atoms with Crippen molar-refractivity contribution in [1.29, 1.82) is 0 Å². The Kier molecular flexibility index (Phi) is 5.45. The molecule has 2 heterocycles. The summed E-state index contributed by atoms with van der Waals surface area (Å²) in [6.45, 7) is 2.73. The molecule has 0 amide bonds. The van der Waals surface area contributed by atoms with Gasteiger partial charge in [-0.05, 0) is 36.4 Å². The average Bonchev–Trinajstić information content (AvgIpc) is 2.73. The largest absolute Gasteiger partial charge is 0.378 e. The van der Waals surface area contributed by atoms with Gasteiger partial charge in [0.2, 0.25) is 10.0 Å². The molecule has 0 atom stereocenters. The Balaban J connectivity index is 1.62. The minimum Gasteiger partial charge on any atom is -0.378 e. The first-order chi connectivity index (χ1) is 13.5. The van der Waals surface area contributed by atoms with Gasteiger partial charge >= 0.3 is 0 Å². The highest BCUT2D eigenvalue weighted by Crippen LogP contribution is 2.24. The van der Waals surface area contributed by atoms with Gasteiger partial charge in [-0.2, -0.15) is 0 Å². The Bertz CT molecular complexity index is 1080. The standard InChI is InChI=1S/C19H19ClN4O3S/c20-14-5-7-15(8-6-14)28(25,26)21-13-18-22-17-4-2-1-3-16(17)19(23-18)24-9-11-27-12-10-24/h1-8,21H,9-13H2. The number of benzene rings is 2. The second-order valence-corrected chi connectivity index (χ2v) is 8.56. The molecule has 1 aliphatic rings. The molecule has 4 rings (SSSR count). The number of hydrogen-bond acceptors (Lipinski definition) is 6. The summed E-state index contributed by atoms with van der Waals surface area (Å²) in [5.74, 6) is 1.22. The smallest absolute Gasteiger partial charge is 0.240 e. The lowest BCUT2D eigenvalue weighted by atomic mass is 10.2. The number of fused-ring (bicyclic) bond motifs is 1. The number of para-hydroxylation sites is 1. The molecule has 0 unspecified atom stereocenters.